The summed E-state index contributed by atoms with van der Waals surface area (Å²) in [5, 5.41) is 8.96. The Morgan fingerprint density at radius 2 is 2.05 bits per heavy atom. The molecule has 0 saturated carbocycles. The maximum absolute atomic E-state index is 12.0. The summed E-state index contributed by atoms with van der Waals surface area (Å²) in [5.41, 5.74) is -0.0727. The number of nitrogens with one attached hydrogen (secondary N) is 1. The normalized spacial score (nSPS) is 11.5. The Hall–Kier alpha value is -0.920. The highest BCUT2D eigenvalue weighted by molar-refractivity contribution is 9.10. The Morgan fingerprint density at radius 1 is 1.37 bits per heavy atom. The quantitative estimate of drug-likeness (QED) is 0.741. The van der Waals surface area contributed by atoms with E-state index in [4.69, 9.17) is 5.11 Å². The second kappa shape index (κ2) is 7.02. The van der Waals surface area contributed by atoms with Crippen LogP contribution in [0.4, 0.5) is 0 Å². The lowest BCUT2D eigenvalue weighted by Crippen LogP contribution is -2.25. The standard InChI is InChI=1S/C12H16BrNO4S/c1-2-3-4-7-14-19(17,18)9-5-6-11(13)10(8-9)12(15)16/h5-6,8,14H,2-4,7H2,1H3,(H,15,16). The lowest BCUT2D eigenvalue weighted by atomic mass is 10.2. The van der Waals surface area contributed by atoms with Gasteiger partial charge in [0.05, 0.1) is 10.5 Å². The molecule has 0 aliphatic carbocycles. The van der Waals surface area contributed by atoms with Crippen molar-refractivity contribution in [2.75, 3.05) is 6.54 Å². The van der Waals surface area contributed by atoms with E-state index in [1.807, 2.05) is 6.92 Å². The molecule has 7 heteroatoms. The molecule has 0 amide bonds. The van der Waals surface area contributed by atoms with Gasteiger partial charge < -0.3 is 5.11 Å². The first-order valence-electron chi connectivity index (χ1n) is 5.91. The highest BCUT2D eigenvalue weighted by Crippen LogP contribution is 2.21. The Kier molecular flexibility index (Phi) is 5.96. The monoisotopic (exact) mass is 349 g/mol. The molecule has 0 aliphatic heterocycles. The number of rotatable bonds is 7. The van der Waals surface area contributed by atoms with E-state index in [-0.39, 0.29) is 10.5 Å². The lowest BCUT2D eigenvalue weighted by Gasteiger charge is -2.08. The molecule has 1 aromatic carbocycles. The summed E-state index contributed by atoms with van der Waals surface area (Å²) in [7, 11) is -3.65. The van der Waals surface area contributed by atoms with Crippen LogP contribution in [-0.4, -0.2) is 26.0 Å². The molecule has 0 spiro atoms. The molecule has 2 N–H and O–H groups in total. The molecule has 0 heterocycles. The Labute approximate surface area is 121 Å². The predicted molar refractivity (Wildman–Crippen MR) is 75.8 cm³/mol. The maximum atomic E-state index is 12.0. The fraction of sp³-hybridized carbons (Fsp3) is 0.417. The number of hydrogen-bond acceptors (Lipinski definition) is 3. The number of unbranched alkanes of at least 4 members (excludes halogenated alkanes) is 2. The van der Waals surface area contributed by atoms with Crippen LogP contribution in [0.15, 0.2) is 27.6 Å². The molecule has 0 bridgehead atoms. The third kappa shape index (κ3) is 4.59. The van der Waals surface area contributed by atoms with Crippen molar-refractivity contribution in [3.63, 3.8) is 0 Å². The summed E-state index contributed by atoms with van der Waals surface area (Å²) in [5.74, 6) is -1.17. The van der Waals surface area contributed by atoms with Crippen LogP contribution in [0.5, 0.6) is 0 Å². The van der Waals surface area contributed by atoms with Crippen LogP contribution in [0, 0.1) is 0 Å². The minimum absolute atomic E-state index is 0.0374. The second-order valence-electron chi connectivity index (χ2n) is 4.05. The number of aromatic carboxylic acids is 1. The van der Waals surface area contributed by atoms with Gasteiger partial charge >= 0.3 is 5.97 Å². The van der Waals surface area contributed by atoms with Crippen LogP contribution in [0.3, 0.4) is 0 Å². The number of hydrogen-bond donors (Lipinski definition) is 2. The van der Waals surface area contributed by atoms with Crippen molar-refractivity contribution in [1.82, 2.24) is 4.72 Å². The third-order valence-electron chi connectivity index (χ3n) is 2.55. The zero-order valence-corrected chi connectivity index (χ0v) is 12.9. The molecule has 0 unspecified atom stereocenters. The number of sulfonamides is 1. The van der Waals surface area contributed by atoms with Crippen LogP contribution in [0.25, 0.3) is 0 Å². The third-order valence-corrected chi connectivity index (χ3v) is 4.70. The molecular formula is C12H16BrNO4S. The molecule has 0 fully saturated rings. The molecule has 0 aromatic heterocycles. The average Bonchev–Trinajstić information content (AvgIpc) is 2.34. The Morgan fingerprint density at radius 3 is 2.63 bits per heavy atom. The number of benzene rings is 1. The first-order chi connectivity index (χ1) is 8.88. The number of carbonyl (C=O) groups is 1. The van der Waals surface area contributed by atoms with Crippen molar-refractivity contribution in [1.29, 1.82) is 0 Å². The van der Waals surface area contributed by atoms with E-state index in [9.17, 15) is 13.2 Å². The van der Waals surface area contributed by atoms with Gasteiger partial charge in [0.15, 0.2) is 0 Å². The molecule has 0 atom stereocenters. The Balaban J connectivity index is 2.89. The van der Waals surface area contributed by atoms with E-state index in [0.717, 1.165) is 25.3 Å². The van der Waals surface area contributed by atoms with E-state index in [2.05, 4.69) is 20.7 Å². The van der Waals surface area contributed by atoms with Crippen molar-refractivity contribution >= 4 is 31.9 Å². The topological polar surface area (TPSA) is 83.5 Å². The van der Waals surface area contributed by atoms with Gasteiger partial charge in [0.25, 0.3) is 0 Å². The highest BCUT2D eigenvalue weighted by Gasteiger charge is 2.17. The molecule has 19 heavy (non-hydrogen) atoms. The van der Waals surface area contributed by atoms with E-state index < -0.39 is 16.0 Å². The first kappa shape index (κ1) is 16.1. The number of carboxylic acids is 1. The summed E-state index contributed by atoms with van der Waals surface area (Å²) in [4.78, 5) is 10.9. The van der Waals surface area contributed by atoms with Gasteiger partial charge in [0.1, 0.15) is 0 Å². The van der Waals surface area contributed by atoms with Crippen LogP contribution >= 0.6 is 15.9 Å². The van der Waals surface area contributed by atoms with Gasteiger partial charge in [-0.2, -0.15) is 0 Å². The van der Waals surface area contributed by atoms with Gasteiger partial charge in [-0.15, -0.1) is 0 Å². The van der Waals surface area contributed by atoms with E-state index >= 15 is 0 Å². The molecule has 5 nitrogen and oxygen atoms in total. The molecule has 0 saturated heterocycles. The summed E-state index contributed by atoms with van der Waals surface area (Å²) in [6, 6.07) is 3.94. The SMILES string of the molecule is CCCCCNS(=O)(=O)c1ccc(Br)c(C(=O)O)c1. The van der Waals surface area contributed by atoms with Crippen LogP contribution in [-0.2, 0) is 10.0 Å². The summed E-state index contributed by atoms with van der Waals surface area (Å²) < 4.78 is 26.7. The number of halogens is 1. The first-order valence-corrected chi connectivity index (χ1v) is 8.18. The van der Waals surface area contributed by atoms with Crippen molar-refractivity contribution in [2.24, 2.45) is 0 Å². The summed E-state index contributed by atoms with van der Waals surface area (Å²) in [6.07, 6.45) is 2.71. The maximum Gasteiger partial charge on any atom is 0.336 e. The van der Waals surface area contributed by atoms with Crippen molar-refractivity contribution in [3.8, 4) is 0 Å². The summed E-state index contributed by atoms with van der Waals surface area (Å²) in [6.45, 7) is 2.39. The average molecular weight is 350 g/mol. The predicted octanol–water partition coefficient (Wildman–Crippen LogP) is 2.62. The van der Waals surface area contributed by atoms with E-state index in [1.165, 1.54) is 12.1 Å². The molecule has 106 valence electrons. The lowest BCUT2D eigenvalue weighted by molar-refractivity contribution is 0.0695. The van der Waals surface area contributed by atoms with Gasteiger partial charge in [-0.1, -0.05) is 19.8 Å². The minimum Gasteiger partial charge on any atom is -0.478 e. The fourth-order valence-electron chi connectivity index (χ4n) is 1.50. The van der Waals surface area contributed by atoms with Crippen LogP contribution < -0.4 is 4.72 Å². The van der Waals surface area contributed by atoms with Crippen LogP contribution in [0.2, 0.25) is 0 Å². The molecular weight excluding hydrogens is 334 g/mol. The highest BCUT2D eigenvalue weighted by atomic mass is 79.9. The van der Waals surface area contributed by atoms with Gasteiger partial charge in [0, 0.05) is 11.0 Å². The zero-order valence-electron chi connectivity index (χ0n) is 10.5. The molecule has 0 radical (unpaired) electrons. The van der Waals surface area contributed by atoms with Gasteiger partial charge in [0.2, 0.25) is 10.0 Å². The van der Waals surface area contributed by atoms with Crippen LogP contribution in [0.1, 0.15) is 36.5 Å². The largest absolute Gasteiger partial charge is 0.478 e. The van der Waals surface area contributed by atoms with E-state index in [0.29, 0.717) is 11.0 Å². The molecule has 0 aliphatic rings. The van der Waals surface area contributed by atoms with Gasteiger partial charge in [-0.25, -0.2) is 17.9 Å². The van der Waals surface area contributed by atoms with Crippen molar-refractivity contribution in [2.45, 2.75) is 31.1 Å². The summed E-state index contributed by atoms with van der Waals surface area (Å²) >= 11 is 3.07. The van der Waals surface area contributed by atoms with E-state index in [1.54, 1.807) is 0 Å². The van der Waals surface area contributed by atoms with Gasteiger partial charge in [-0.05, 0) is 40.5 Å². The fourth-order valence-corrected chi connectivity index (χ4v) is 3.02. The zero-order chi connectivity index (χ0) is 14.5. The smallest absolute Gasteiger partial charge is 0.336 e. The Bertz CT molecular complexity index is 557. The van der Waals surface area contributed by atoms with Crippen molar-refractivity contribution in [3.05, 3.63) is 28.2 Å². The second-order valence-corrected chi connectivity index (χ2v) is 6.67. The van der Waals surface area contributed by atoms with Gasteiger partial charge in [-0.3, -0.25) is 0 Å². The number of carboxylic acid groups (broad SMARTS) is 1. The minimum atomic E-state index is -3.65. The molecule has 1 aromatic rings. The molecule has 1 rings (SSSR count). The van der Waals surface area contributed by atoms with Crippen molar-refractivity contribution < 1.29 is 18.3 Å².